The summed E-state index contributed by atoms with van der Waals surface area (Å²) < 4.78 is 27.8. The number of hydrogen-bond donors (Lipinski definition) is 1. The normalized spacial score (nSPS) is 18.9. The van der Waals surface area contributed by atoms with Crippen LogP contribution in [0.25, 0.3) is 0 Å². The lowest BCUT2D eigenvalue weighted by Crippen LogP contribution is -2.39. The first kappa shape index (κ1) is 16.6. The van der Waals surface area contributed by atoms with Crippen molar-refractivity contribution in [1.29, 1.82) is 0 Å². The maximum Gasteiger partial charge on any atom is 0.211 e. The van der Waals surface area contributed by atoms with Gasteiger partial charge in [-0.1, -0.05) is 0 Å². The van der Waals surface area contributed by atoms with Crippen LogP contribution in [0.15, 0.2) is 29.1 Å². The third-order valence-corrected chi connectivity index (χ3v) is 6.25. The van der Waals surface area contributed by atoms with Gasteiger partial charge in [-0.2, -0.15) is 16.4 Å². The van der Waals surface area contributed by atoms with Crippen molar-refractivity contribution in [1.82, 2.24) is 19.4 Å². The quantitative estimate of drug-likeness (QED) is 0.824. The summed E-state index contributed by atoms with van der Waals surface area (Å²) in [5.74, 6) is 0.120. The van der Waals surface area contributed by atoms with E-state index in [-0.39, 0.29) is 11.8 Å². The molecule has 1 aliphatic heterocycles. The molecule has 8 heteroatoms. The van der Waals surface area contributed by atoms with Crippen molar-refractivity contribution in [2.24, 2.45) is 0 Å². The van der Waals surface area contributed by atoms with Gasteiger partial charge in [-0.3, -0.25) is 9.58 Å². The van der Waals surface area contributed by atoms with E-state index in [0.29, 0.717) is 6.54 Å². The summed E-state index contributed by atoms with van der Waals surface area (Å²) in [5.41, 5.74) is 2.52. The van der Waals surface area contributed by atoms with Gasteiger partial charge in [-0.25, -0.2) is 13.1 Å². The van der Waals surface area contributed by atoms with Crippen LogP contribution in [0.5, 0.6) is 0 Å². The summed E-state index contributed by atoms with van der Waals surface area (Å²) in [7, 11) is -3.13. The summed E-state index contributed by atoms with van der Waals surface area (Å²) in [5, 5.41) is 8.69. The standard InChI is InChI=1S/C15H22N4O2S2/c1-2-23(20,21)17-7-4-15-11-18(9-13-5-8-22-12-13)10-14-3-6-16-19(14)15/h3,5-6,8,12,15,17H,2,4,7,9-11H2,1H3. The minimum absolute atomic E-state index is 0.120. The van der Waals surface area contributed by atoms with E-state index in [1.807, 2.05) is 16.9 Å². The second-order valence-electron chi connectivity index (χ2n) is 5.81. The second-order valence-corrected chi connectivity index (χ2v) is 8.68. The number of hydrogen-bond acceptors (Lipinski definition) is 5. The van der Waals surface area contributed by atoms with Crippen LogP contribution in [-0.2, 0) is 23.1 Å². The third kappa shape index (κ3) is 4.20. The first-order valence-electron chi connectivity index (χ1n) is 7.80. The van der Waals surface area contributed by atoms with Crippen LogP contribution in [0.4, 0.5) is 0 Å². The minimum Gasteiger partial charge on any atom is -0.291 e. The number of rotatable bonds is 7. The molecule has 2 aromatic rings. The molecule has 0 amide bonds. The van der Waals surface area contributed by atoms with E-state index in [1.165, 1.54) is 11.3 Å². The Kier molecular flexibility index (Phi) is 5.15. The van der Waals surface area contributed by atoms with Crippen molar-refractivity contribution < 1.29 is 8.42 Å². The van der Waals surface area contributed by atoms with Crippen molar-refractivity contribution in [3.8, 4) is 0 Å². The molecule has 23 heavy (non-hydrogen) atoms. The highest BCUT2D eigenvalue weighted by atomic mass is 32.2. The average molecular weight is 355 g/mol. The largest absolute Gasteiger partial charge is 0.291 e. The van der Waals surface area contributed by atoms with Crippen LogP contribution >= 0.6 is 11.3 Å². The molecule has 3 heterocycles. The molecule has 0 saturated heterocycles. The molecule has 1 aliphatic rings. The molecule has 2 aromatic heterocycles. The Morgan fingerprint density at radius 3 is 3.04 bits per heavy atom. The summed E-state index contributed by atoms with van der Waals surface area (Å²) in [6, 6.07) is 4.40. The second kappa shape index (κ2) is 7.12. The van der Waals surface area contributed by atoms with Gasteiger partial charge < -0.3 is 0 Å². The molecule has 0 aliphatic carbocycles. The zero-order chi connectivity index (χ0) is 16.3. The predicted molar refractivity (Wildman–Crippen MR) is 91.8 cm³/mol. The molecule has 0 bridgehead atoms. The van der Waals surface area contributed by atoms with Gasteiger partial charge in [0.1, 0.15) is 0 Å². The monoisotopic (exact) mass is 354 g/mol. The molecule has 1 N–H and O–H groups in total. The van der Waals surface area contributed by atoms with Crippen molar-refractivity contribution in [2.45, 2.75) is 32.5 Å². The Morgan fingerprint density at radius 2 is 2.30 bits per heavy atom. The third-order valence-electron chi connectivity index (χ3n) is 4.12. The molecule has 1 atom stereocenters. The fourth-order valence-electron chi connectivity index (χ4n) is 2.92. The molecule has 3 rings (SSSR count). The SMILES string of the molecule is CCS(=O)(=O)NCCC1CN(Cc2ccsc2)Cc2ccnn21. The summed E-state index contributed by atoms with van der Waals surface area (Å²) >= 11 is 1.71. The smallest absolute Gasteiger partial charge is 0.211 e. The molecule has 0 radical (unpaired) electrons. The Morgan fingerprint density at radius 1 is 1.43 bits per heavy atom. The lowest BCUT2D eigenvalue weighted by Gasteiger charge is -2.33. The number of nitrogens with zero attached hydrogens (tertiary/aromatic N) is 3. The lowest BCUT2D eigenvalue weighted by molar-refractivity contribution is 0.162. The van der Waals surface area contributed by atoms with Crippen molar-refractivity contribution in [3.63, 3.8) is 0 Å². The first-order valence-corrected chi connectivity index (χ1v) is 10.4. The van der Waals surface area contributed by atoms with Crippen molar-refractivity contribution >= 4 is 21.4 Å². The van der Waals surface area contributed by atoms with Gasteiger partial charge in [0.05, 0.1) is 17.5 Å². The van der Waals surface area contributed by atoms with Crippen LogP contribution in [0.1, 0.15) is 30.6 Å². The Balaban J connectivity index is 1.64. The maximum atomic E-state index is 11.6. The van der Waals surface area contributed by atoms with Crippen LogP contribution in [0.2, 0.25) is 0 Å². The van der Waals surface area contributed by atoms with Gasteiger partial charge in [0.25, 0.3) is 0 Å². The lowest BCUT2D eigenvalue weighted by atomic mass is 10.1. The predicted octanol–water partition coefficient (Wildman–Crippen LogP) is 1.83. The van der Waals surface area contributed by atoms with Crippen LogP contribution in [0, 0.1) is 0 Å². The van der Waals surface area contributed by atoms with E-state index >= 15 is 0 Å². The van der Waals surface area contributed by atoms with Gasteiger partial charge in [0.15, 0.2) is 0 Å². The fourth-order valence-corrected chi connectivity index (χ4v) is 4.22. The molecule has 0 saturated carbocycles. The van der Waals surface area contributed by atoms with Crippen LogP contribution in [-0.4, -0.2) is 41.9 Å². The van der Waals surface area contributed by atoms with E-state index < -0.39 is 10.0 Å². The number of fused-ring (bicyclic) bond motifs is 1. The maximum absolute atomic E-state index is 11.6. The molecule has 126 valence electrons. The average Bonchev–Trinajstić information content (AvgIpc) is 3.18. The van der Waals surface area contributed by atoms with Gasteiger partial charge in [-0.05, 0) is 41.8 Å². The number of aromatic nitrogens is 2. The molecular formula is C15H22N4O2S2. The van der Waals surface area contributed by atoms with E-state index in [9.17, 15) is 8.42 Å². The fraction of sp³-hybridized carbons (Fsp3) is 0.533. The van der Waals surface area contributed by atoms with Gasteiger partial charge >= 0.3 is 0 Å². The molecular weight excluding hydrogens is 332 g/mol. The zero-order valence-corrected chi connectivity index (χ0v) is 14.8. The van der Waals surface area contributed by atoms with Crippen molar-refractivity contribution in [3.05, 3.63) is 40.3 Å². The highest BCUT2D eigenvalue weighted by molar-refractivity contribution is 7.89. The van der Waals surface area contributed by atoms with E-state index in [4.69, 9.17) is 0 Å². The first-order chi connectivity index (χ1) is 11.1. The summed E-state index contributed by atoms with van der Waals surface area (Å²) in [6.07, 6.45) is 2.57. The summed E-state index contributed by atoms with van der Waals surface area (Å²) in [6.45, 7) is 4.79. The van der Waals surface area contributed by atoms with E-state index in [0.717, 1.165) is 26.1 Å². The van der Waals surface area contributed by atoms with Gasteiger partial charge in [-0.15, -0.1) is 0 Å². The van der Waals surface area contributed by atoms with Gasteiger partial charge in [0.2, 0.25) is 10.0 Å². The number of sulfonamides is 1. The highest BCUT2D eigenvalue weighted by Gasteiger charge is 2.25. The van der Waals surface area contributed by atoms with E-state index in [1.54, 1.807) is 18.3 Å². The Hall–Kier alpha value is -1.22. The number of thiophene rings is 1. The molecule has 0 aromatic carbocycles. The van der Waals surface area contributed by atoms with Gasteiger partial charge in [0, 0.05) is 32.4 Å². The zero-order valence-electron chi connectivity index (χ0n) is 13.2. The van der Waals surface area contributed by atoms with Crippen LogP contribution in [0.3, 0.4) is 0 Å². The topological polar surface area (TPSA) is 67.2 Å². The Bertz CT molecular complexity index is 725. The van der Waals surface area contributed by atoms with Crippen LogP contribution < -0.4 is 4.72 Å². The summed E-state index contributed by atoms with van der Waals surface area (Å²) in [4.78, 5) is 2.40. The highest BCUT2D eigenvalue weighted by Crippen LogP contribution is 2.24. The van der Waals surface area contributed by atoms with E-state index in [2.05, 4.69) is 31.5 Å². The molecule has 0 fully saturated rings. The molecule has 0 spiro atoms. The number of nitrogens with one attached hydrogen (secondary N) is 1. The minimum atomic E-state index is -3.13. The Labute approximate surface area is 141 Å². The molecule has 6 nitrogen and oxygen atoms in total. The molecule has 1 unspecified atom stereocenters. The van der Waals surface area contributed by atoms with Crippen molar-refractivity contribution in [2.75, 3.05) is 18.8 Å².